The van der Waals surface area contributed by atoms with E-state index in [1.54, 1.807) is 6.07 Å². The van der Waals surface area contributed by atoms with Crippen LogP contribution in [0.1, 0.15) is 12.5 Å². The summed E-state index contributed by atoms with van der Waals surface area (Å²) in [5.74, 6) is 0.559. The molecular formula is C14H15N3O3. The van der Waals surface area contributed by atoms with E-state index in [-0.39, 0.29) is 5.69 Å². The molecule has 1 N–H and O–H groups in total. The van der Waals surface area contributed by atoms with Gasteiger partial charge in [-0.3, -0.25) is 10.1 Å². The van der Waals surface area contributed by atoms with Crippen molar-refractivity contribution in [3.05, 3.63) is 58.3 Å². The van der Waals surface area contributed by atoms with E-state index in [1.807, 2.05) is 31.2 Å². The molecule has 0 fully saturated rings. The van der Waals surface area contributed by atoms with Crippen LogP contribution in [0.4, 0.5) is 17.2 Å². The Bertz CT molecular complexity index is 584. The molecule has 0 saturated carbocycles. The van der Waals surface area contributed by atoms with E-state index in [4.69, 9.17) is 4.74 Å². The Morgan fingerprint density at radius 2 is 2.20 bits per heavy atom. The first-order chi connectivity index (χ1) is 9.69. The van der Waals surface area contributed by atoms with E-state index in [0.717, 1.165) is 11.3 Å². The standard InChI is InChI=1S/C14H15N3O3/c1-2-20-10-11-4-3-5-12(8-11)16-14-7-6-13(9-15-14)17(18)19/h3-9H,2,10H2,1H3,(H,15,16). The summed E-state index contributed by atoms with van der Waals surface area (Å²) in [6.45, 7) is 3.17. The molecule has 104 valence electrons. The first-order valence-electron chi connectivity index (χ1n) is 6.23. The zero-order chi connectivity index (χ0) is 14.4. The fraction of sp³-hybridized carbons (Fsp3) is 0.214. The number of pyridine rings is 1. The number of hydrogen-bond donors (Lipinski definition) is 1. The zero-order valence-electron chi connectivity index (χ0n) is 11.1. The van der Waals surface area contributed by atoms with Crippen molar-refractivity contribution in [1.29, 1.82) is 0 Å². The Hall–Kier alpha value is -2.47. The third kappa shape index (κ3) is 3.76. The van der Waals surface area contributed by atoms with Gasteiger partial charge in [0.1, 0.15) is 12.0 Å². The average Bonchev–Trinajstić information content (AvgIpc) is 2.46. The van der Waals surface area contributed by atoms with Gasteiger partial charge in [-0.25, -0.2) is 4.98 Å². The number of rotatable bonds is 6. The topological polar surface area (TPSA) is 77.3 Å². The molecule has 0 aliphatic heterocycles. The van der Waals surface area contributed by atoms with Crippen LogP contribution in [0.25, 0.3) is 0 Å². The number of aromatic nitrogens is 1. The second-order valence-corrected chi connectivity index (χ2v) is 4.12. The van der Waals surface area contributed by atoms with Crippen LogP contribution in [0, 0.1) is 10.1 Å². The summed E-state index contributed by atoms with van der Waals surface area (Å²) in [5, 5.41) is 13.6. The Morgan fingerprint density at radius 3 is 2.85 bits per heavy atom. The number of benzene rings is 1. The van der Waals surface area contributed by atoms with Crippen molar-refractivity contribution >= 4 is 17.2 Å². The predicted molar refractivity (Wildman–Crippen MR) is 75.9 cm³/mol. The summed E-state index contributed by atoms with van der Waals surface area (Å²) in [5.41, 5.74) is 1.89. The summed E-state index contributed by atoms with van der Waals surface area (Å²) in [6, 6.07) is 10.7. The maximum atomic E-state index is 10.5. The number of nitrogens with one attached hydrogen (secondary N) is 1. The molecule has 1 aromatic carbocycles. The largest absolute Gasteiger partial charge is 0.377 e. The summed E-state index contributed by atoms with van der Waals surface area (Å²) in [7, 11) is 0. The van der Waals surface area contributed by atoms with Gasteiger partial charge in [0.2, 0.25) is 0 Å². The molecule has 0 saturated heterocycles. The van der Waals surface area contributed by atoms with Crippen LogP contribution in [0.2, 0.25) is 0 Å². The number of nitrogens with zero attached hydrogens (tertiary/aromatic N) is 2. The molecule has 0 atom stereocenters. The number of hydrogen-bond acceptors (Lipinski definition) is 5. The van der Waals surface area contributed by atoms with E-state index in [1.165, 1.54) is 12.3 Å². The Balaban J connectivity index is 2.07. The molecule has 0 spiro atoms. The molecule has 0 radical (unpaired) electrons. The Kier molecular flexibility index (Phi) is 4.62. The van der Waals surface area contributed by atoms with Crippen LogP contribution in [0.3, 0.4) is 0 Å². The van der Waals surface area contributed by atoms with Crippen molar-refractivity contribution in [3.63, 3.8) is 0 Å². The van der Waals surface area contributed by atoms with Gasteiger partial charge in [0.15, 0.2) is 0 Å². The van der Waals surface area contributed by atoms with E-state index in [2.05, 4.69) is 10.3 Å². The lowest BCUT2D eigenvalue weighted by atomic mass is 10.2. The third-order valence-corrected chi connectivity index (χ3v) is 2.63. The molecular weight excluding hydrogens is 258 g/mol. The minimum Gasteiger partial charge on any atom is -0.377 e. The van der Waals surface area contributed by atoms with Gasteiger partial charge in [0.05, 0.1) is 11.5 Å². The van der Waals surface area contributed by atoms with Gasteiger partial charge in [-0.15, -0.1) is 0 Å². The van der Waals surface area contributed by atoms with Gasteiger partial charge in [0.25, 0.3) is 5.69 Å². The molecule has 0 bridgehead atoms. The molecule has 0 amide bonds. The highest BCUT2D eigenvalue weighted by Crippen LogP contribution is 2.18. The summed E-state index contributed by atoms with van der Waals surface area (Å²) >= 11 is 0. The normalized spacial score (nSPS) is 10.2. The fourth-order valence-electron chi connectivity index (χ4n) is 1.67. The van der Waals surface area contributed by atoms with Crippen LogP contribution in [-0.2, 0) is 11.3 Å². The van der Waals surface area contributed by atoms with E-state index < -0.39 is 4.92 Å². The molecule has 0 unspecified atom stereocenters. The molecule has 6 nitrogen and oxygen atoms in total. The minimum atomic E-state index is -0.473. The van der Waals surface area contributed by atoms with Crippen molar-refractivity contribution in [1.82, 2.24) is 4.98 Å². The maximum absolute atomic E-state index is 10.5. The van der Waals surface area contributed by atoms with Crippen LogP contribution < -0.4 is 5.32 Å². The lowest BCUT2D eigenvalue weighted by molar-refractivity contribution is -0.385. The van der Waals surface area contributed by atoms with Crippen molar-refractivity contribution in [2.24, 2.45) is 0 Å². The van der Waals surface area contributed by atoms with Crippen LogP contribution in [-0.4, -0.2) is 16.5 Å². The first-order valence-corrected chi connectivity index (χ1v) is 6.23. The van der Waals surface area contributed by atoms with Crippen LogP contribution in [0.15, 0.2) is 42.6 Å². The molecule has 6 heteroatoms. The molecule has 20 heavy (non-hydrogen) atoms. The number of nitro groups is 1. The van der Waals surface area contributed by atoms with Crippen molar-refractivity contribution in [3.8, 4) is 0 Å². The van der Waals surface area contributed by atoms with Gasteiger partial charge < -0.3 is 10.1 Å². The van der Waals surface area contributed by atoms with Gasteiger partial charge in [-0.2, -0.15) is 0 Å². The van der Waals surface area contributed by atoms with Gasteiger partial charge in [-0.1, -0.05) is 12.1 Å². The first kappa shape index (κ1) is 14.0. The molecule has 1 aromatic heterocycles. The highest BCUT2D eigenvalue weighted by atomic mass is 16.6. The van der Waals surface area contributed by atoms with Gasteiger partial charge >= 0.3 is 0 Å². The zero-order valence-corrected chi connectivity index (χ0v) is 11.1. The average molecular weight is 273 g/mol. The Morgan fingerprint density at radius 1 is 1.35 bits per heavy atom. The summed E-state index contributed by atoms with van der Waals surface area (Å²) in [6.07, 6.45) is 1.23. The number of anilines is 2. The van der Waals surface area contributed by atoms with Crippen molar-refractivity contribution in [2.45, 2.75) is 13.5 Å². The molecule has 0 aliphatic rings. The summed E-state index contributed by atoms with van der Waals surface area (Å²) in [4.78, 5) is 14.1. The van der Waals surface area contributed by atoms with E-state index in [9.17, 15) is 10.1 Å². The summed E-state index contributed by atoms with van der Waals surface area (Å²) < 4.78 is 5.35. The van der Waals surface area contributed by atoms with Crippen molar-refractivity contribution in [2.75, 3.05) is 11.9 Å². The minimum absolute atomic E-state index is 0.0272. The smallest absolute Gasteiger partial charge is 0.287 e. The maximum Gasteiger partial charge on any atom is 0.287 e. The molecule has 0 aliphatic carbocycles. The molecule has 2 aromatic rings. The van der Waals surface area contributed by atoms with E-state index in [0.29, 0.717) is 19.0 Å². The Labute approximate surface area is 116 Å². The monoisotopic (exact) mass is 273 g/mol. The van der Waals surface area contributed by atoms with E-state index >= 15 is 0 Å². The lowest BCUT2D eigenvalue weighted by Crippen LogP contribution is -1.97. The second kappa shape index (κ2) is 6.63. The SMILES string of the molecule is CCOCc1cccc(Nc2ccc([N+](=O)[O-])cn2)c1. The second-order valence-electron chi connectivity index (χ2n) is 4.12. The fourth-order valence-corrected chi connectivity index (χ4v) is 1.67. The van der Waals surface area contributed by atoms with Crippen molar-refractivity contribution < 1.29 is 9.66 Å². The highest BCUT2D eigenvalue weighted by molar-refractivity contribution is 5.57. The van der Waals surface area contributed by atoms with Gasteiger partial charge in [0, 0.05) is 18.4 Å². The molecule has 1 heterocycles. The highest BCUT2D eigenvalue weighted by Gasteiger charge is 2.05. The lowest BCUT2D eigenvalue weighted by Gasteiger charge is -2.07. The predicted octanol–water partition coefficient (Wildman–Crippen LogP) is 3.27. The quantitative estimate of drug-likeness (QED) is 0.645. The third-order valence-electron chi connectivity index (χ3n) is 2.63. The van der Waals surface area contributed by atoms with Gasteiger partial charge in [-0.05, 0) is 30.7 Å². The van der Waals surface area contributed by atoms with Crippen LogP contribution in [0.5, 0.6) is 0 Å². The van der Waals surface area contributed by atoms with Crippen LogP contribution >= 0.6 is 0 Å². The number of ether oxygens (including phenoxy) is 1. The molecule has 2 rings (SSSR count).